The highest BCUT2D eigenvalue weighted by Crippen LogP contribution is 2.30. The fourth-order valence-electron chi connectivity index (χ4n) is 2.19. The molecule has 2 amide bonds. The minimum Gasteiger partial charge on any atom is -0.480 e. The van der Waals surface area contributed by atoms with Crippen molar-refractivity contribution in [3.05, 3.63) is 29.8 Å². The minimum atomic E-state index is -1.04. The van der Waals surface area contributed by atoms with Gasteiger partial charge in [0.1, 0.15) is 6.54 Å². The number of amides is 2. The van der Waals surface area contributed by atoms with Gasteiger partial charge in [0.05, 0.1) is 0 Å². The number of nitrogens with zero attached hydrogens (tertiary/aromatic N) is 1. The molecule has 0 atom stereocenters. The molecule has 0 bridgehead atoms. The zero-order valence-electron chi connectivity index (χ0n) is 12.5. The molecular weight excluding hydrogens is 284 g/mol. The van der Waals surface area contributed by atoms with Gasteiger partial charge in [-0.2, -0.15) is 0 Å². The predicted octanol–water partition coefficient (Wildman–Crippen LogP) is 1.97. The fourth-order valence-corrected chi connectivity index (χ4v) is 2.19. The maximum atomic E-state index is 12.4. The number of hydrogen-bond acceptors (Lipinski definition) is 3. The first-order valence-electron chi connectivity index (χ1n) is 7.43. The van der Waals surface area contributed by atoms with Crippen LogP contribution < -0.4 is 5.32 Å². The Hall–Kier alpha value is -2.37. The Morgan fingerprint density at radius 3 is 2.64 bits per heavy atom. The number of rotatable bonds is 7. The van der Waals surface area contributed by atoms with Crippen molar-refractivity contribution in [3.8, 4) is 0 Å². The number of carbonyl (C=O) groups excluding carboxylic acids is 2. The Bertz CT molecular complexity index is 581. The average molecular weight is 304 g/mol. The van der Waals surface area contributed by atoms with Crippen molar-refractivity contribution in [2.45, 2.75) is 26.2 Å². The minimum absolute atomic E-state index is 0.0273. The quantitative estimate of drug-likeness (QED) is 0.806. The normalized spacial score (nSPS) is 13.5. The second-order valence-corrected chi connectivity index (χ2v) is 5.46. The molecule has 6 heteroatoms. The first-order valence-corrected chi connectivity index (χ1v) is 7.43. The van der Waals surface area contributed by atoms with Crippen LogP contribution in [-0.2, 0) is 9.59 Å². The summed E-state index contributed by atoms with van der Waals surface area (Å²) in [6.07, 6.45) is 2.50. The third kappa shape index (κ3) is 4.31. The molecule has 6 nitrogen and oxygen atoms in total. The number of carboxylic acid groups (broad SMARTS) is 1. The van der Waals surface area contributed by atoms with Gasteiger partial charge in [-0.1, -0.05) is 13.0 Å². The summed E-state index contributed by atoms with van der Waals surface area (Å²) in [5.41, 5.74) is 0.942. The van der Waals surface area contributed by atoms with Crippen LogP contribution in [0.5, 0.6) is 0 Å². The molecule has 0 unspecified atom stereocenters. The zero-order chi connectivity index (χ0) is 16.1. The van der Waals surface area contributed by atoms with Crippen LogP contribution in [0.4, 0.5) is 5.69 Å². The molecule has 1 aliphatic rings. The van der Waals surface area contributed by atoms with Gasteiger partial charge in [0.15, 0.2) is 0 Å². The topological polar surface area (TPSA) is 86.7 Å². The lowest BCUT2D eigenvalue weighted by Crippen LogP contribution is -2.36. The van der Waals surface area contributed by atoms with Gasteiger partial charge >= 0.3 is 5.97 Å². The summed E-state index contributed by atoms with van der Waals surface area (Å²) in [7, 11) is 0. The summed E-state index contributed by atoms with van der Waals surface area (Å²) < 4.78 is 0. The molecular formula is C16H20N2O4. The molecule has 0 aromatic heterocycles. The average Bonchev–Trinajstić information content (AvgIpc) is 3.30. The van der Waals surface area contributed by atoms with Gasteiger partial charge in [0, 0.05) is 23.7 Å². The van der Waals surface area contributed by atoms with E-state index in [0.717, 1.165) is 12.8 Å². The van der Waals surface area contributed by atoms with Crippen molar-refractivity contribution in [3.63, 3.8) is 0 Å². The highest BCUT2D eigenvalue weighted by atomic mass is 16.4. The summed E-state index contributed by atoms with van der Waals surface area (Å²) in [6.45, 7) is 1.93. The molecule has 1 aliphatic carbocycles. The first kappa shape index (κ1) is 16.0. The van der Waals surface area contributed by atoms with Crippen LogP contribution in [0.15, 0.2) is 24.3 Å². The van der Waals surface area contributed by atoms with Gasteiger partial charge in [-0.15, -0.1) is 0 Å². The van der Waals surface area contributed by atoms with E-state index in [4.69, 9.17) is 5.11 Å². The number of hydrogen-bond donors (Lipinski definition) is 2. The maximum absolute atomic E-state index is 12.4. The van der Waals surface area contributed by atoms with Gasteiger partial charge < -0.3 is 15.3 Å². The van der Waals surface area contributed by atoms with Gasteiger partial charge in [0.2, 0.25) is 5.91 Å². The van der Waals surface area contributed by atoms with Crippen molar-refractivity contribution in [2.24, 2.45) is 5.92 Å². The summed E-state index contributed by atoms with van der Waals surface area (Å²) in [4.78, 5) is 36.3. The van der Waals surface area contributed by atoms with E-state index >= 15 is 0 Å². The number of carboxylic acids is 1. The maximum Gasteiger partial charge on any atom is 0.323 e. The number of aliphatic carboxylic acids is 1. The Kier molecular flexibility index (Phi) is 5.14. The molecule has 2 rings (SSSR count). The van der Waals surface area contributed by atoms with Crippen LogP contribution in [0, 0.1) is 5.92 Å². The molecule has 1 aromatic rings. The van der Waals surface area contributed by atoms with E-state index in [0.29, 0.717) is 24.2 Å². The number of benzene rings is 1. The Morgan fingerprint density at radius 2 is 2.05 bits per heavy atom. The predicted molar refractivity (Wildman–Crippen MR) is 81.6 cm³/mol. The lowest BCUT2D eigenvalue weighted by molar-refractivity contribution is -0.137. The number of carbonyl (C=O) groups is 3. The highest BCUT2D eigenvalue weighted by Gasteiger charge is 2.29. The molecule has 1 fully saturated rings. The van der Waals surface area contributed by atoms with E-state index in [1.807, 2.05) is 6.92 Å². The van der Waals surface area contributed by atoms with Gasteiger partial charge in [-0.25, -0.2) is 0 Å². The van der Waals surface area contributed by atoms with Crippen molar-refractivity contribution in [2.75, 3.05) is 18.4 Å². The Morgan fingerprint density at radius 1 is 1.32 bits per heavy atom. The summed E-state index contributed by atoms with van der Waals surface area (Å²) in [5, 5.41) is 11.7. The third-order valence-electron chi connectivity index (χ3n) is 3.43. The molecule has 118 valence electrons. The molecule has 1 aromatic carbocycles. The molecule has 0 heterocycles. The van der Waals surface area contributed by atoms with E-state index in [9.17, 15) is 14.4 Å². The van der Waals surface area contributed by atoms with Crippen molar-refractivity contribution >= 4 is 23.5 Å². The van der Waals surface area contributed by atoms with Crippen molar-refractivity contribution < 1.29 is 19.5 Å². The molecule has 22 heavy (non-hydrogen) atoms. The first-order chi connectivity index (χ1) is 10.5. The molecule has 0 aliphatic heterocycles. The molecule has 0 radical (unpaired) electrons. The monoisotopic (exact) mass is 304 g/mol. The third-order valence-corrected chi connectivity index (χ3v) is 3.43. The van der Waals surface area contributed by atoms with Crippen LogP contribution in [0.3, 0.4) is 0 Å². The van der Waals surface area contributed by atoms with E-state index in [1.54, 1.807) is 24.3 Å². The van der Waals surface area contributed by atoms with Crippen LogP contribution >= 0.6 is 0 Å². The second-order valence-electron chi connectivity index (χ2n) is 5.46. The second kappa shape index (κ2) is 7.06. The summed E-state index contributed by atoms with van der Waals surface area (Å²) in [5.74, 6) is -1.32. The smallest absolute Gasteiger partial charge is 0.323 e. The largest absolute Gasteiger partial charge is 0.480 e. The molecule has 0 saturated heterocycles. The van der Waals surface area contributed by atoms with E-state index in [1.165, 1.54) is 4.90 Å². The van der Waals surface area contributed by atoms with E-state index in [2.05, 4.69) is 5.32 Å². The fraction of sp³-hybridized carbons (Fsp3) is 0.438. The molecule has 1 saturated carbocycles. The summed E-state index contributed by atoms with van der Waals surface area (Å²) in [6, 6.07) is 6.62. The van der Waals surface area contributed by atoms with Crippen LogP contribution in [0.2, 0.25) is 0 Å². The highest BCUT2D eigenvalue weighted by molar-refractivity contribution is 5.99. The van der Waals surface area contributed by atoms with Crippen LogP contribution in [0.1, 0.15) is 36.5 Å². The summed E-state index contributed by atoms with van der Waals surface area (Å²) >= 11 is 0. The van der Waals surface area contributed by atoms with E-state index in [-0.39, 0.29) is 24.3 Å². The number of nitrogens with one attached hydrogen (secondary N) is 1. The van der Waals surface area contributed by atoms with Crippen molar-refractivity contribution in [1.82, 2.24) is 4.90 Å². The SMILES string of the molecule is CCCN(CC(=O)O)C(=O)c1cccc(NC(=O)C2CC2)c1. The van der Waals surface area contributed by atoms with Crippen LogP contribution in [-0.4, -0.2) is 40.9 Å². The van der Waals surface area contributed by atoms with E-state index < -0.39 is 5.97 Å². The Labute approximate surface area is 129 Å². The molecule has 2 N–H and O–H groups in total. The zero-order valence-corrected chi connectivity index (χ0v) is 12.5. The van der Waals surface area contributed by atoms with Crippen LogP contribution in [0.25, 0.3) is 0 Å². The molecule has 0 spiro atoms. The Balaban J connectivity index is 2.10. The number of anilines is 1. The van der Waals surface area contributed by atoms with Gasteiger partial charge in [-0.05, 0) is 37.5 Å². The van der Waals surface area contributed by atoms with Gasteiger partial charge in [-0.3, -0.25) is 14.4 Å². The van der Waals surface area contributed by atoms with Crippen molar-refractivity contribution in [1.29, 1.82) is 0 Å². The lowest BCUT2D eigenvalue weighted by Gasteiger charge is -2.20. The van der Waals surface area contributed by atoms with Gasteiger partial charge in [0.25, 0.3) is 5.91 Å². The standard InChI is InChI=1S/C16H20N2O4/c1-2-8-18(10-14(19)20)16(22)12-4-3-5-13(9-12)17-15(21)11-6-7-11/h3-5,9,11H,2,6-8,10H2,1H3,(H,17,21)(H,19,20). The lowest BCUT2D eigenvalue weighted by atomic mass is 10.1.